The van der Waals surface area contributed by atoms with E-state index in [0.717, 1.165) is 25.1 Å². The van der Waals surface area contributed by atoms with Gasteiger partial charge in [0.2, 0.25) is 15.9 Å². The van der Waals surface area contributed by atoms with Crippen molar-refractivity contribution in [1.29, 1.82) is 0 Å². The van der Waals surface area contributed by atoms with Gasteiger partial charge in [-0.1, -0.05) is 19.1 Å². The maximum atomic E-state index is 11.8. The van der Waals surface area contributed by atoms with E-state index in [4.69, 9.17) is 0 Å². The molecule has 1 atom stereocenters. The lowest BCUT2D eigenvalue weighted by atomic mass is 10.2. The molecule has 0 radical (unpaired) electrons. The van der Waals surface area contributed by atoms with Gasteiger partial charge in [0, 0.05) is 32.1 Å². The zero-order chi connectivity index (χ0) is 19.9. The quantitative estimate of drug-likeness (QED) is 0.465. The number of rotatable bonds is 7. The van der Waals surface area contributed by atoms with E-state index >= 15 is 0 Å². The van der Waals surface area contributed by atoms with Crippen molar-refractivity contribution in [3.63, 3.8) is 0 Å². The molecular weight excluding hydrogens is 366 g/mol. The third kappa shape index (κ3) is 5.93. The van der Waals surface area contributed by atoms with Crippen LogP contribution in [0.3, 0.4) is 0 Å². The van der Waals surface area contributed by atoms with Crippen molar-refractivity contribution in [1.82, 2.24) is 20.3 Å². The molecule has 0 spiro atoms. The molecule has 0 bridgehead atoms. The largest absolute Gasteiger partial charge is 0.357 e. The minimum absolute atomic E-state index is 0.179. The first-order valence-electron chi connectivity index (χ1n) is 9.24. The summed E-state index contributed by atoms with van der Waals surface area (Å²) < 4.78 is 25.8. The topological polar surface area (TPSA) is 103 Å². The fourth-order valence-electron chi connectivity index (χ4n) is 2.90. The zero-order valence-corrected chi connectivity index (χ0v) is 17.0. The molecule has 150 valence electrons. The Hall–Kier alpha value is -2.13. The number of guanidine groups is 1. The molecule has 1 aliphatic heterocycles. The summed E-state index contributed by atoms with van der Waals surface area (Å²) in [6, 6.07) is 6.84. The van der Waals surface area contributed by atoms with Crippen LogP contribution in [0.15, 0.2) is 34.2 Å². The Morgan fingerprint density at radius 1 is 1.26 bits per heavy atom. The lowest BCUT2D eigenvalue weighted by molar-refractivity contribution is -0.129. The molecule has 1 fully saturated rings. The number of carbonyl (C=O) groups excluding carboxylic acids is 1. The van der Waals surface area contributed by atoms with Gasteiger partial charge in [0.05, 0.1) is 11.4 Å². The van der Waals surface area contributed by atoms with Gasteiger partial charge >= 0.3 is 0 Å². The van der Waals surface area contributed by atoms with Crippen molar-refractivity contribution in [3.05, 3.63) is 29.8 Å². The highest BCUT2D eigenvalue weighted by Crippen LogP contribution is 2.12. The minimum Gasteiger partial charge on any atom is -0.357 e. The van der Waals surface area contributed by atoms with Crippen LogP contribution in [0.1, 0.15) is 32.3 Å². The van der Waals surface area contributed by atoms with Crippen LogP contribution in [0.25, 0.3) is 0 Å². The van der Waals surface area contributed by atoms with Gasteiger partial charge in [0.1, 0.15) is 0 Å². The first kappa shape index (κ1) is 21.2. The Labute approximate surface area is 161 Å². The summed E-state index contributed by atoms with van der Waals surface area (Å²) >= 11 is 0. The molecule has 0 saturated carbocycles. The Balaban J connectivity index is 1.98. The van der Waals surface area contributed by atoms with E-state index in [0.29, 0.717) is 25.5 Å². The van der Waals surface area contributed by atoms with E-state index in [1.807, 2.05) is 18.7 Å². The van der Waals surface area contributed by atoms with Crippen LogP contribution in [0.2, 0.25) is 0 Å². The smallest absolute Gasteiger partial charge is 0.240 e. The van der Waals surface area contributed by atoms with Gasteiger partial charge in [-0.15, -0.1) is 0 Å². The van der Waals surface area contributed by atoms with E-state index in [-0.39, 0.29) is 16.8 Å². The number of hydrogen-bond acceptors (Lipinski definition) is 4. The normalized spacial score (nSPS) is 17.8. The Kier molecular flexibility index (Phi) is 7.61. The van der Waals surface area contributed by atoms with Crippen LogP contribution < -0.4 is 15.4 Å². The molecule has 1 saturated heterocycles. The predicted molar refractivity (Wildman–Crippen MR) is 106 cm³/mol. The number of aliphatic imine (C=N–C) groups is 1. The average molecular weight is 396 g/mol. The highest BCUT2D eigenvalue weighted by molar-refractivity contribution is 7.89. The first-order valence-corrected chi connectivity index (χ1v) is 10.7. The van der Waals surface area contributed by atoms with Gasteiger partial charge in [-0.3, -0.25) is 4.79 Å². The number of amides is 1. The molecule has 2 rings (SSSR count). The fraction of sp³-hybridized carbons (Fsp3) is 0.556. The molecule has 27 heavy (non-hydrogen) atoms. The molecular formula is C18H29N5O3S. The summed E-state index contributed by atoms with van der Waals surface area (Å²) in [6.07, 6.45) is 1.42. The summed E-state index contributed by atoms with van der Waals surface area (Å²) in [5.41, 5.74) is 0.913. The van der Waals surface area contributed by atoms with E-state index in [1.54, 1.807) is 24.3 Å². The summed E-state index contributed by atoms with van der Waals surface area (Å²) in [7, 11) is -2.04. The zero-order valence-electron chi connectivity index (χ0n) is 16.2. The fourth-order valence-corrected chi connectivity index (χ4v) is 3.63. The minimum atomic E-state index is -3.43. The molecule has 0 aromatic heterocycles. The third-order valence-electron chi connectivity index (χ3n) is 4.45. The number of nitrogens with zero attached hydrogens (tertiary/aromatic N) is 2. The summed E-state index contributed by atoms with van der Waals surface area (Å²) in [4.78, 5) is 18.5. The molecule has 9 heteroatoms. The molecule has 1 aromatic carbocycles. The Morgan fingerprint density at radius 3 is 2.56 bits per heavy atom. The lowest BCUT2D eigenvalue weighted by Crippen LogP contribution is -2.45. The van der Waals surface area contributed by atoms with Crippen molar-refractivity contribution in [2.24, 2.45) is 4.99 Å². The molecule has 1 unspecified atom stereocenters. The monoisotopic (exact) mass is 395 g/mol. The maximum absolute atomic E-state index is 11.8. The third-order valence-corrected chi connectivity index (χ3v) is 5.88. The van der Waals surface area contributed by atoms with Crippen molar-refractivity contribution in [2.45, 2.75) is 44.2 Å². The second-order valence-electron chi connectivity index (χ2n) is 6.37. The van der Waals surface area contributed by atoms with Gasteiger partial charge in [-0.2, -0.15) is 0 Å². The van der Waals surface area contributed by atoms with E-state index < -0.39 is 10.0 Å². The van der Waals surface area contributed by atoms with Gasteiger partial charge in [0.15, 0.2) is 5.96 Å². The second kappa shape index (κ2) is 9.70. The van der Waals surface area contributed by atoms with Crippen LogP contribution in [0.5, 0.6) is 0 Å². The van der Waals surface area contributed by atoms with E-state index in [2.05, 4.69) is 20.3 Å². The van der Waals surface area contributed by atoms with Crippen molar-refractivity contribution in [3.8, 4) is 0 Å². The predicted octanol–water partition coefficient (Wildman–Crippen LogP) is 0.661. The molecule has 0 aliphatic carbocycles. The molecule has 1 amide bonds. The van der Waals surface area contributed by atoms with E-state index in [1.165, 1.54) is 7.05 Å². The number of likely N-dealkylation sites (tertiary alicyclic amines) is 1. The highest BCUT2D eigenvalue weighted by atomic mass is 32.2. The van der Waals surface area contributed by atoms with Crippen LogP contribution >= 0.6 is 0 Å². The van der Waals surface area contributed by atoms with Crippen LogP contribution in [0.4, 0.5) is 0 Å². The Morgan fingerprint density at radius 2 is 1.96 bits per heavy atom. The van der Waals surface area contributed by atoms with Gasteiger partial charge in [-0.05, 0) is 38.1 Å². The first-order chi connectivity index (χ1) is 12.9. The number of carbonyl (C=O) groups is 1. The summed E-state index contributed by atoms with van der Waals surface area (Å²) in [6.45, 7) is 6.49. The van der Waals surface area contributed by atoms with Gasteiger partial charge in [0.25, 0.3) is 0 Å². The highest BCUT2D eigenvalue weighted by Gasteiger charge is 2.25. The average Bonchev–Trinajstić information content (AvgIpc) is 3.14. The maximum Gasteiger partial charge on any atom is 0.240 e. The summed E-state index contributed by atoms with van der Waals surface area (Å²) in [5.74, 6) is 0.873. The van der Waals surface area contributed by atoms with Crippen molar-refractivity contribution < 1.29 is 13.2 Å². The molecule has 1 aromatic rings. The number of benzene rings is 1. The van der Waals surface area contributed by atoms with Crippen LogP contribution in [0, 0.1) is 0 Å². The van der Waals surface area contributed by atoms with Crippen molar-refractivity contribution >= 4 is 21.9 Å². The Bertz CT molecular complexity index is 762. The summed E-state index contributed by atoms with van der Waals surface area (Å²) in [5, 5.41) is 6.59. The van der Waals surface area contributed by atoms with Crippen LogP contribution in [-0.4, -0.2) is 57.9 Å². The second-order valence-corrected chi connectivity index (χ2v) is 8.26. The number of hydrogen-bond donors (Lipinski definition) is 3. The molecule has 8 nitrogen and oxygen atoms in total. The van der Waals surface area contributed by atoms with Crippen LogP contribution in [-0.2, 0) is 21.4 Å². The molecule has 3 N–H and O–H groups in total. The number of sulfonamides is 1. The van der Waals surface area contributed by atoms with E-state index in [9.17, 15) is 13.2 Å². The van der Waals surface area contributed by atoms with Gasteiger partial charge < -0.3 is 15.5 Å². The molecule has 1 heterocycles. The number of nitrogens with one attached hydrogen (secondary N) is 3. The molecule has 1 aliphatic rings. The standard InChI is InChI=1S/C18H29N5O3S/c1-4-17(24)23-11-10-15(13-23)22-18(20-5-2)21-12-14-6-8-16(9-7-14)27(25,26)19-3/h6-9,15,19H,4-5,10-13H2,1-3H3,(H2,20,21,22). The van der Waals surface area contributed by atoms with Crippen molar-refractivity contribution in [2.75, 3.05) is 26.7 Å². The lowest BCUT2D eigenvalue weighted by Gasteiger charge is -2.18. The van der Waals surface area contributed by atoms with Gasteiger partial charge in [-0.25, -0.2) is 18.1 Å². The SMILES string of the molecule is CCNC(=NCc1ccc(S(=O)(=O)NC)cc1)NC1CCN(C(=O)CC)C1.